The molecule has 0 aromatic carbocycles. The van der Waals surface area contributed by atoms with E-state index >= 15 is 0 Å². The van der Waals surface area contributed by atoms with Crippen LogP contribution in [0.1, 0.15) is 27.2 Å². The largest absolute Gasteiger partial charge is 0.459 e. The van der Waals surface area contributed by atoms with E-state index in [4.69, 9.17) is 4.74 Å². The molecule has 1 unspecified atom stereocenters. The quantitative estimate of drug-likeness (QED) is 0.391. The van der Waals surface area contributed by atoms with Gasteiger partial charge < -0.3 is 4.74 Å². The second-order valence-corrected chi connectivity index (χ2v) is 7.33. The van der Waals surface area contributed by atoms with Crippen molar-refractivity contribution in [2.75, 3.05) is 0 Å². The number of alkyl halides is 1. The molecule has 1 aliphatic rings. The van der Waals surface area contributed by atoms with Crippen LogP contribution < -0.4 is 0 Å². The van der Waals surface area contributed by atoms with E-state index in [0.717, 1.165) is 4.48 Å². The van der Waals surface area contributed by atoms with Gasteiger partial charge in [0.05, 0.1) is 0 Å². The first-order chi connectivity index (χ1) is 6.73. The van der Waals surface area contributed by atoms with Crippen LogP contribution in [-0.4, -0.2) is 15.0 Å². The summed E-state index contributed by atoms with van der Waals surface area (Å²) in [5.74, 6) is -0.178. The van der Waals surface area contributed by atoms with Crippen molar-refractivity contribution in [3.63, 3.8) is 0 Å². The Morgan fingerprint density at radius 1 is 1.60 bits per heavy atom. The molecule has 1 atom stereocenters. The Labute approximate surface area is 112 Å². The Morgan fingerprint density at radius 3 is 2.60 bits per heavy atom. The summed E-state index contributed by atoms with van der Waals surface area (Å²) in [6, 6.07) is 0. The Morgan fingerprint density at radius 2 is 2.20 bits per heavy atom. The van der Waals surface area contributed by atoms with Gasteiger partial charge in [0.25, 0.3) is 0 Å². The van der Waals surface area contributed by atoms with Crippen molar-refractivity contribution in [2.24, 2.45) is 0 Å². The van der Waals surface area contributed by atoms with Crippen LogP contribution in [0.2, 0.25) is 0 Å². The monoisotopic (exact) mass is 384 g/mol. The maximum atomic E-state index is 11.9. The van der Waals surface area contributed by atoms with Gasteiger partial charge in [-0.1, -0.05) is 56.7 Å². The number of carbonyl (C=O) groups excluding carboxylic acids is 1. The lowest BCUT2D eigenvalue weighted by Crippen LogP contribution is -2.37. The molecule has 0 radical (unpaired) electrons. The molecular weight excluding hydrogens is 371 g/mol. The van der Waals surface area contributed by atoms with Crippen molar-refractivity contribution in [1.29, 1.82) is 0 Å². The molecule has 0 aromatic heterocycles. The van der Waals surface area contributed by atoms with Crippen LogP contribution in [0.4, 0.5) is 0 Å². The molecular formula is C11H14BrIO2. The Kier molecular flexibility index (Phi) is 4.03. The number of carbonyl (C=O) groups is 1. The zero-order valence-electron chi connectivity index (χ0n) is 9.01. The van der Waals surface area contributed by atoms with E-state index in [1.165, 1.54) is 0 Å². The van der Waals surface area contributed by atoms with Crippen LogP contribution in [-0.2, 0) is 9.53 Å². The molecule has 0 fully saturated rings. The molecule has 1 rings (SSSR count). The number of halogens is 2. The fourth-order valence-electron chi connectivity index (χ4n) is 1.11. The summed E-state index contributed by atoms with van der Waals surface area (Å²) >= 11 is 5.51. The molecule has 0 spiro atoms. The van der Waals surface area contributed by atoms with Gasteiger partial charge in [-0.2, -0.15) is 0 Å². The third kappa shape index (κ3) is 3.90. The van der Waals surface area contributed by atoms with Crippen molar-refractivity contribution < 1.29 is 9.53 Å². The van der Waals surface area contributed by atoms with E-state index in [0.29, 0.717) is 6.42 Å². The minimum absolute atomic E-state index is 0.178. The van der Waals surface area contributed by atoms with Crippen molar-refractivity contribution in [2.45, 2.75) is 36.2 Å². The Balaban J connectivity index is 2.73. The van der Waals surface area contributed by atoms with E-state index in [9.17, 15) is 4.79 Å². The van der Waals surface area contributed by atoms with Crippen LogP contribution in [0.5, 0.6) is 0 Å². The highest BCUT2D eigenvalue weighted by atomic mass is 127. The number of hydrogen-bond donors (Lipinski definition) is 0. The predicted octanol–water partition coefficient (Wildman–Crippen LogP) is 3.74. The summed E-state index contributed by atoms with van der Waals surface area (Å²) in [6.45, 7) is 5.63. The van der Waals surface area contributed by atoms with Crippen molar-refractivity contribution in [1.82, 2.24) is 0 Å². The van der Waals surface area contributed by atoms with Gasteiger partial charge in [-0.05, 0) is 27.2 Å². The van der Waals surface area contributed by atoms with Gasteiger partial charge in [-0.15, -0.1) is 0 Å². The second-order valence-electron chi connectivity index (χ2n) is 4.49. The summed E-state index contributed by atoms with van der Waals surface area (Å²) in [6.07, 6.45) is 6.42. The highest BCUT2D eigenvalue weighted by Crippen LogP contribution is 2.34. The molecule has 15 heavy (non-hydrogen) atoms. The lowest BCUT2D eigenvalue weighted by molar-refractivity contribution is -0.155. The van der Waals surface area contributed by atoms with Gasteiger partial charge >= 0.3 is 5.97 Å². The lowest BCUT2D eigenvalue weighted by Gasteiger charge is -2.28. The van der Waals surface area contributed by atoms with Crippen LogP contribution in [0, 0.1) is 0 Å². The average molecular weight is 385 g/mol. The first kappa shape index (κ1) is 13.2. The lowest BCUT2D eigenvalue weighted by atomic mass is 10.0. The highest BCUT2D eigenvalue weighted by molar-refractivity contribution is 14.1. The van der Waals surface area contributed by atoms with E-state index < -0.39 is 9.02 Å². The normalized spacial score (nSPS) is 26.1. The number of rotatable bonds is 1. The van der Waals surface area contributed by atoms with E-state index in [1.807, 2.05) is 39.0 Å². The molecule has 0 amide bonds. The van der Waals surface area contributed by atoms with Gasteiger partial charge in [0.1, 0.15) is 9.02 Å². The number of allylic oxidation sites excluding steroid dienone is 3. The van der Waals surface area contributed by atoms with Gasteiger partial charge in [-0.3, -0.25) is 4.79 Å². The summed E-state index contributed by atoms with van der Waals surface area (Å²) in [7, 11) is 0. The maximum Gasteiger partial charge on any atom is 0.326 e. The van der Waals surface area contributed by atoms with Crippen molar-refractivity contribution >= 4 is 44.5 Å². The van der Waals surface area contributed by atoms with Crippen LogP contribution in [0.3, 0.4) is 0 Å². The van der Waals surface area contributed by atoms with Crippen LogP contribution >= 0.6 is 38.5 Å². The second kappa shape index (κ2) is 4.57. The Bertz CT molecular complexity index is 328. The maximum absolute atomic E-state index is 11.9. The molecule has 4 heteroatoms. The minimum Gasteiger partial charge on any atom is -0.459 e. The predicted molar refractivity (Wildman–Crippen MR) is 73.4 cm³/mol. The molecule has 0 saturated carbocycles. The SMILES string of the molecule is CC(C)(C)OC(=O)C1(I)C=CC(Br)=CC1. The first-order valence-corrected chi connectivity index (χ1v) is 6.57. The topological polar surface area (TPSA) is 26.3 Å². The van der Waals surface area contributed by atoms with Crippen LogP contribution in [0.15, 0.2) is 22.7 Å². The van der Waals surface area contributed by atoms with Gasteiger partial charge in [0.2, 0.25) is 0 Å². The van der Waals surface area contributed by atoms with Gasteiger partial charge in [0.15, 0.2) is 0 Å². The van der Waals surface area contributed by atoms with Gasteiger partial charge in [0, 0.05) is 4.48 Å². The molecule has 2 nitrogen and oxygen atoms in total. The van der Waals surface area contributed by atoms with E-state index in [1.54, 1.807) is 0 Å². The number of hydrogen-bond acceptors (Lipinski definition) is 2. The van der Waals surface area contributed by atoms with Gasteiger partial charge in [-0.25, -0.2) is 0 Å². The van der Waals surface area contributed by atoms with Crippen molar-refractivity contribution in [3.05, 3.63) is 22.7 Å². The minimum atomic E-state index is -0.553. The standard InChI is InChI=1S/C11H14BrIO2/c1-10(2,3)15-9(14)11(13)6-4-8(12)5-7-11/h4-6H,7H2,1-3H3. The molecule has 0 aromatic rings. The molecule has 0 bridgehead atoms. The third-order valence-corrected chi connectivity index (χ3v) is 3.67. The summed E-state index contributed by atoms with van der Waals surface area (Å²) in [5.41, 5.74) is -0.429. The van der Waals surface area contributed by atoms with E-state index in [-0.39, 0.29) is 5.97 Å². The van der Waals surface area contributed by atoms with E-state index in [2.05, 4.69) is 38.5 Å². The average Bonchev–Trinajstić information content (AvgIpc) is 2.07. The third-order valence-electron chi connectivity index (χ3n) is 1.84. The smallest absolute Gasteiger partial charge is 0.326 e. The molecule has 84 valence electrons. The summed E-state index contributed by atoms with van der Waals surface area (Å²) in [5, 5.41) is 0. The van der Waals surface area contributed by atoms with Crippen molar-refractivity contribution in [3.8, 4) is 0 Å². The fourth-order valence-corrected chi connectivity index (χ4v) is 1.91. The summed E-state index contributed by atoms with van der Waals surface area (Å²) < 4.78 is 5.83. The summed E-state index contributed by atoms with van der Waals surface area (Å²) in [4.78, 5) is 11.9. The molecule has 0 N–H and O–H groups in total. The number of ether oxygens (including phenoxy) is 1. The highest BCUT2D eigenvalue weighted by Gasteiger charge is 2.37. The van der Waals surface area contributed by atoms with Crippen LogP contribution in [0.25, 0.3) is 0 Å². The zero-order chi connectivity index (χ0) is 11.7. The molecule has 0 aliphatic heterocycles. The molecule has 1 aliphatic carbocycles. The fraction of sp³-hybridized carbons (Fsp3) is 0.545. The molecule has 0 saturated heterocycles. The number of esters is 1. The Hall–Kier alpha value is 0.160. The first-order valence-electron chi connectivity index (χ1n) is 4.70. The molecule has 0 heterocycles. The zero-order valence-corrected chi connectivity index (χ0v) is 12.8.